The van der Waals surface area contributed by atoms with Gasteiger partial charge in [-0.15, -0.1) is 11.8 Å². The van der Waals surface area contributed by atoms with Crippen molar-refractivity contribution in [3.63, 3.8) is 0 Å². The number of thioether (sulfide) groups is 1. The Kier molecular flexibility index (Phi) is 6.60. The molecule has 32 heavy (non-hydrogen) atoms. The summed E-state index contributed by atoms with van der Waals surface area (Å²) in [6.07, 6.45) is 6.36. The number of fused-ring (bicyclic) bond motifs is 1. The van der Waals surface area contributed by atoms with E-state index in [1.165, 1.54) is 40.8 Å². The molecule has 1 saturated carbocycles. The predicted octanol–water partition coefficient (Wildman–Crippen LogP) is 6.62. The lowest BCUT2D eigenvalue weighted by Gasteiger charge is -2.29. The van der Waals surface area contributed by atoms with Crippen molar-refractivity contribution >= 4 is 22.7 Å². The number of benzene rings is 1. The third kappa shape index (κ3) is 5.68. The molecule has 2 aromatic heterocycles. The van der Waals surface area contributed by atoms with Gasteiger partial charge in [0.1, 0.15) is 12.4 Å². The lowest BCUT2D eigenvalue weighted by atomic mass is 9.85. The van der Waals surface area contributed by atoms with E-state index in [0.29, 0.717) is 13.0 Å². The SMILES string of the molecule is CC(C)(O)Cc1c(SC(C)(C)C)c2cc(OCc3ccccn3)ccc2n1CC1CCC1. The molecule has 1 aliphatic rings. The van der Waals surface area contributed by atoms with Crippen molar-refractivity contribution in [2.24, 2.45) is 5.92 Å². The first-order valence-electron chi connectivity index (χ1n) is 11.7. The number of nitrogens with zero attached hydrogens (tertiary/aromatic N) is 2. The summed E-state index contributed by atoms with van der Waals surface area (Å²) in [5, 5.41) is 12.0. The number of pyridine rings is 1. The molecular weight excluding hydrogens is 416 g/mol. The quantitative estimate of drug-likeness (QED) is 0.390. The molecule has 1 aliphatic carbocycles. The van der Waals surface area contributed by atoms with Gasteiger partial charge in [0.2, 0.25) is 0 Å². The minimum Gasteiger partial charge on any atom is -0.487 e. The molecule has 0 spiro atoms. The molecule has 0 aliphatic heterocycles. The number of ether oxygens (including phenoxy) is 1. The van der Waals surface area contributed by atoms with Crippen LogP contribution in [0.15, 0.2) is 47.5 Å². The van der Waals surface area contributed by atoms with Crippen molar-refractivity contribution in [1.29, 1.82) is 0 Å². The molecule has 3 aromatic rings. The molecule has 172 valence electrons. The molecule has 0 saturated heterocycles. The van der Waals surface area contributed by atoms with Gasteiger partial charge in [-0.2, -0.15) is 0 Å². The molecule has 4 nitrogen and oxygen atoms in total. The summed E-state index contributed by atoms with van der Waals surface area (Å²) < 4.78 is 8.66. The maximum Gasteiger partial charge on any atom is 0.130 e. The second-order valence-electron chi connectivity index (χ2n) is 10.7. The van der Waals surface area contributed by atoms with E-state index in [1.54, 1.807) is 6.20 Å². The van der Waals surface area contributed by atoms with E-state index >= 15 is 0 Å². The van der Waals surface area contributed by atoms with Crippen molar-refractivity contribution in [1.82, 2.24) is 9.55 Å². The largest absolute Gasteiger partial charge is 0.487 e. The van der Waals surface area contributed by atoms with Gasteiger partial charge in [0.15, 0.2) is 0 Å². The fourth-order valence-electron chi connectivity index (χ4n) is 4.23. The van der Waals surface area contributed by atoms with E-state index < -0.39 is 5.60 Å². The first-order valence-corrected chi connectivity index (χ1v) is 12.5. The second kappa shape index (κ2) is 9.11. The van der Waals surface area contributed by atoms with Crippen LogP contribution in [0.5, 0.6) is 5.75 Å². The van der Waals surface area contributed by atoms with Gasteiger partial charge >= 0.3 is 0 Å². The van der Waals surface area contributed by atoms with Crippen LogP contribution < -0.4 is 4.74 Å². The standard InChI is InChI=1S/C27H36N2O2S/c1-26(2,3)32-25-22-15-21(31-18-20-11-6-7-14-28-20)12-13-23(22)29(17-19-9-8-10-19)24(25)16-27(4,5)30/h6-7,11-15,19,30H,8-10,16-18H2,1-5H3. The highest BCUT2D eigenvalue weighted by Crippen LogP contribution is 2.44. The number of rotatable bonds is 8. The Bertz CT molecular complexity index is 1060. The molecular formula is C27H36N2O2S. The molecule has 0 bridgehead atoms. The third-order valence-corrected chi connectivity index (χ3v) is 7.15. The lowest BCUT2D eigenvalue weighted by molar-refractivity contribution is 0.0779. The summed E-state index contributed by atoms with van der Waals surface area (Å²) in [6.45, 7) is 12.1. The Morgan fingerprint density at radius 1 is 1.12 bits per heavy atom. The van der Waals surface area contributed by atoms with Crippen LogP contribution in [-0.2, 0) is 19.6 Å². The monoisotopic (exact) mass is 452 g/mol. The molecule has 2 heterocycles. The van der Waals surface area contributed by atoms with Crippen molar-refractivity contribution in [2.45, 2.75) is 88.7 Å². The van der Waals surface area contributed by atoms with Crippen LogP contribution >= 0.6 is 11.8 Å². The zero-order valence-electron chi connectivity index (χ0n) is 20.0. The average molecular weight is 453 g/mol. The Hall–Kier alpha value is -1.98. The first kappa shape index (κ1) is 23.2. The lowest BCUT2D eigenvalue weighted by Crippen LogP contribution is -2.26. The molecule has 1 aromatic carbocycles. The Labute approximate surface area is 196 Å². The van der Waals surface area contributed by atoms with Crippen LogP contribution in [0.3, 0.4) is 0 Å². The maximum absolute atomic E-state index is 10.8. The normalized spacial score (nSPS) is 15.2. The molecule has 5 heteroatoms. The molecule has 0 radical (unpaired) electrons. The summed E-state index contributed by atoms with van der Waals surface area (Å²) in [4.78, 5) is 5.64. The minimum absolute atomic E-state index is 0.0642. The topological polar surface area (TPSA) is 47.3 Å². The molecule has 0 amide bonds. The summed E-state index contributed by atoms with van der Waals surface area (Å²) in [7, 11) is 0. The van der Waals surface area contributed by atoms with Gasteiger partial charge < -0.3 is 14.4 Å². The predicted molar refractivity (Wildman–Crippen MR) is 133 cm³/mol. The zero-order valence-corrected chi connectivity index (χ0v) is 20.8. The fraction of sp³-hybridized carbons (Fsp3) is 0.519. The molecule has 1 N–H and O–H groups in total. The number of hydrogen-bond donors (Lipinski definition) is 1. The molecule has 1 fully saturated rings. The highest BCUT2D eigenvalue weighted by atomic mass is 32.2. The zero-order chi connectivity index (χ0) is 22.9. The van der Waals surface area contributed by atoms with Crippen LogP contribution in [0, 0.1) is 5.92 Å². The van der Waals surface area contributed by atoms with Gasteiger partial charge in [-0.25, -0.2) is 0 Å². The summed E-state index contributed by atoms with van der Waals surface area (Å²) >= 11 is 1.89. The van der Waals surface area contributed by atoms with Gasteiger partial charge in [0.05, 0.1) is 11.3 Å². The van der Waals surface area contributed by atoms with Gasteiger partial charge in [0.25, 0.3) is 0 Å². The van der Waals surface area contributed by atoms with Gasteiger partial charge in [0, 0.05) is 45.4 Å². The van der Waals surface area contributed by atoms with Crippen LogP contribution in [0.2, 0.25) is 0 Å². The first-order chi connectivity index (χ1) is 15.1. The minimum atomic E-state index is -0.767. The summed E-state index contributed by atoms with van der Waals surface area (Å²) in [6, 6.07) is 12.3. The van der Waals surface area contributed by atoms with E-state index in [1.807, 2.05) is 43.8 Å². The van der Waals surface area contributed by atoms with Crippen molar-refractivity contribution < 1.29 is 9.84 Å². The Morgan fingerprint density at radius 3 is 2.50 bits per heavy atom. The van der Waals surface area contributed by atoms with E-state index in [4.69, 9.17) is 4.74 Å². The number of aliphatic hydroxyl groups is 1. The molecule has 0 unspecified atom stereocenters. The van der Waals surface area contributed by atoms with Crippen LogP contribution in [-0.4, -0.2) is 25.0 Å². The van der Waals surface area contributed by atoms with E-state index in [2.05, 4.69) is 48.5 Å². The van der Waals surface area contributed by atoms with Gasteiger partial charge in [-0.05, 0) is 62.9 Å². The Balaban J connectivity index is 1.77. The van der Waals surface area contributed by atoms with Crippen LogP contribution in [0.25, 0.3) is 10.9 Å². The van der Waals surface area contributed by atoms with Crippen LogP contribution in [0.1, 0.15) is 65.3 Å². The van der Waals surface area contributed by atoms with Gasteiger partial charge in [-0.3, -0.25) is 4.98 Å². The highest BCUT2D eigenvalue weighted by molar-refractivity contribution is 8.00. The van der Waals surface area contributed by atoms with Crippen molar-refractivity contribution in [3.8, 4) is 5.75 Å². The van der Waals surface area contributed by atoms with E-state index in [9.17, 15) is 5.11 Å². The summed E-state index contributed by atoms with van der Waals surface area (Å²) in [5.74, 6) is 1.59. The van der Waals surface area contributed by atoms with E-state index in [0.717, 1.165) is 23.9 Å². The van der Waals surface area contributed by atoms with Crippen molar-refractivity contribution in [2.75, 3.05) is 0 Å². The number of aromatic nitrogens is 2. The average Bonchev–Trinajstić information content (AvgIpc) is 2.93. The van der Waals surface area contributed by atoms with Gasteiger partial charge in [-0.1, -0.05) is 33.3 Å². The third-order valence-electron chi connectivity index (χ3n) is 5.88. The number of hydrogen-bond acceptors (Lipinski definition) is 4. The highest BCUT2D eigenvalue weighted by Gasteiger charge is 2.29. The Morgan fingerprint density at radius 2 is 1.91 bits per heavy atom. The van der Waals surface area contributed by atoms with Crippen molar-refractivity contribution in [3.05, 3.63) is 54.0 Å². The maximum atomic E-state index is 10.8. The second-order valence-corrected chi connectivity index (χ2v) is 12.5. The van der Waals surface area contributed by atoms with Crippen LogP contribution in [0.4, 0.5) is 0 Å². The fourth-order valence-corrected chi connectivity index (χ4v) is 5.42. The molecule has 0 atom stereocenters. The van der Waals surface area contributed by atoms with E-state index in [-0.39, 0.29) is 4.75 Å². The smallest absolute Gasteiger partial charge is 0.130 e. The molecule has 4 rings (SSSR count). The summed E-state index contributed by atoms with van der Waals surface area (Å²) in [5.41, 5.74) is 2.65.